The summed E-state index contributed by atoms with van der Waals surface area (Å²) in [5, 5.41) is 1.11. The molecule has 0 radical (unpaired) electrons. The first-order valence-corrected chi connectivity index (χ1v) is 19.8. The number of nitrogens with zero attached hydrogens (tertiary/aromatic N) is 4. The molecule has 12 rings (SSSR count). The Morgan fingerprint density at radius 1 is 0.368 bits per heavy atom. The van der Waals surface area contributed by atoms with E-state index >= 15 is 0 Å². The van der Waals surface area contributed by atoms with E-state index in [2.05, 4.69) is 191 Å². The van der Waals surface area contributed by atoms with E-state index in [0.717, 1.165) is 22.3 Å². The molecule has 7 aromatic carbocycles. The highest BCUT2D eigenvalue weighted by Crippen LogP contribution is 2.43. The maximum absolute atomic E-state index is 5.06. The quantitative estimate of drug-likeness (QED) is 0.238. The minimum atomic E-state index is -0.0560. The summed E-state index contributed by atoms with van der Waals surface area (Å²) in [6.07, 6.45) is 5.76. The molecule has 0 amide bonds. The first-order valence-electron chi connectivity index (χ1n) is 19.8. The number of hydrogen-bond acceptors (Lipinski definition) is 4. The molecule has 9 aromatic rings. The minimum absolute atomic E-state index is 0.0158. The van der Waals surface area contributed by atoms with Gasteiger partial charge in [-0.05, 0) is 64.3 Å². The smallest absolute Gasteiger partial charge is 0.249 e. The van der Waals surface area contributed by atoms with Crippen LogP contribution in [0.15, 0.2) is 201 Å². The van der Waals surface area contributed by atoms with Crippen LogP contribution in [0.2, 0.25) is 0 Å². The van der Waals surface area contributed by atoms with Crippen LogP contribution in [0.25, 0.3) is 10.9 Å². The third-order valence-electron chi connectivity index (χ3n) is 12.4. The average molecular weight is 722 g/mol. The lowest BCUT2D eigenvalue weighted by Gasteiger charge is -2.47. The van der Waals surface area contributed by atoms with E-state index in [4.69, 9.17) is 4.98 Å². The van der Waals surface area contributed by atoms with Crippen molar-refractivity contribution in [1.82, 2.24) is 9.97 Å². The van der Waals surface area contributed by atoms with Crippen molar-refractivity contribution in [2.75, 3.05) is 9.80 Å². The van der Waals surface area contributed by atoms with Gasteiger partial charge in [-0.1, -0.05) is 167 Å². The fourth-order valence-electron chi connectivity index (χ4n) is 10.2. The number of benzene rings is 7. The SMILES string of the molecule is c1ccc(B2c3ccccc3B3c4ccccc4N(c4ccncc4)c4c3c2cc2c4B(c3ccccc3)c3ccccc3N2c2cccc3cccnc23)cc1. The Hall–Kier alpha value is -7.11. The molecule has 0 spiro atoms. The summed E-state index contributed by atoms with van der Waals surface area (Å²) in [5.41, 5.74) is 19.7. The number of rotatable bonds is 4. The molecule has 3 aliphatic rings. The van der Waals surface area contributed by atoms with Crippen LogP contribution in [0.5, 0.6) is 0 Å². The van der Waals surface area contributed by atoms with E-state index in [1.165, 1.54) is 71.9 Å². The highest BCUT2D eigenvalue weighted by molar-refractivity contribution is 7.13. The summed E-state index contributed by atoms with van der Waals surface area (Å²) in [7, 11) is 0. The standard InChI is InChI=1S/C50H33B3N4/c1-3-17-35(18-4-1)51-38-21-7-8-22-39(38)53-41-24-10-11-25-43(41)56(37-28-31-54-32-29-37)50-47(53)42(51)33-46-48(50)52(36-19-5-2-6-20-36)40-23-9-12-26-44(40)57(46)45-27-13-15-34-16-14-30-55-49(34)45/h1-33H. The average Bonchev–Trinajstić information content (AvgIpc) is 3.28. The first-order chi connectivity index (χ1) is 28.3. The van der Waals surface area contributed by atoms with Crippen molar-refractivity contribution in [2.24, 2.45) is 0 Å². The monoisotopic (exact) mass is 722 g/mol. The van der Waals surface area contributed by atoms with Gasteiger partial charge in [0.05, 0.1) is 11.2 Å². The van der Waals surface area contributed by atoms with E-state index in [1.54, 1.807) is 0 Å². The van der Waals surface area contributed by atoms with Crippen LogP contribution in [-0.2, 0) is 0 Å². The fraction of sp³-hybridized carbons (Fsp3) is 0. The zero-order valence-corrected chi connectivity index (χ0v) is 31.1. The predicted molar refractivity (Wildman–Crippen MR) is 242 cm³/mol. The molecule has 0 fully saturated rings. The zero-order valence-electron chi connectivity index (χ0n) is 31.1. The van der Waals surface area contributed by atoms with Gasteiger partial charge in [0.15, 0.2) is 0 Å². The van der Waals surface area contributed by atoms with Gasteiger partial charge in [0.2, 0.25) is 20.1 Å². The van der Waals surface area contributed by atoms with Crippen LogP contribution in [0.4, 0.5) is 34.1 Å². The minimum Gasteiger partial charge on any atom is -0.312 e. The Morgan fingerprint density at radius 2 is 0.930 bits per heavy atom. The summed E-state index contributed by atoms with van der Waals surface area (Å²) >= 11 is 0. The van der Waals surface area contributed by atoms with Crippen molar-refractivity contribution in [3.63, 3.8) is 0 Å². The molecule has 0 saturated heterocycles. The third-order valence-corrected chi connectivity index (χ3v) is 12.4. The number of para-hydroxylation sites is 3. The molecule has 5 heterocycles. The topological polar surface area (TPSA) is 32.3 Å². The first kappa shape index (κ1) is 32.2. The van der Waals surface area contributed by atoms with E-state index < -0.39 is 0 Å². The molecule has 262 valence electrons. The van der Waals surface area contributed by atoms with Gasteiger partial charge in [-0.15, -0.1) is 0 Å². The van der Waals surface area contributed by atoms with Crippen LogP contribution >= 0.6 is 0 Å². The molecule has 0 N–H and O–H groups in total. The van der Waals surface area contributed by atoms with Gasteiger partial charge in [-0.2, -0.15) is 0 Å². The van der Waals surface area contributed by atoms with Gasteiger partial charge in [-0.25, -0.2) is 0 Å². The van der Waals surface area contributed by atoms with Crippen molar-refractivity contribution < 1.29 is 0 Å². The fourth-order valence-corrected chi connectivity index (χ4v) is 10.2. The molecular weight excluding hydrogens is 689 g/mol. The number of pyridine rings is 2. The van der Waals surface area contributed by atoms with Crippen molar-refractivity contribution in [1.29, 1.82) is 0 Å². The van der Waals surface area contributed by atoms with Gasteiger partial charge in [0.1, 0.15) is 0 Å². The van der Waals surface area contributed by atoms with Crippen LogP contribution in [0.3, 0.4) is 0 Å². The van der Waals surface area contributed by atoms with Gasteiger partial charge in [-0.3, -0.25) is 9.97 Å². The van der Waals surface area contributed by atoms with E-state index in [0.29, 0.717) is 0 Å². The summed E-state index contributed by atoms with van der Waals surface area (Å²) in [5.74, 6) is 0. The van der Waals surface area contributed by atoms with Crippen molar-refractivity contribution in [2.45, 2.75) is 0 Å². The molecular formula is C50H33B3N4. The molecule has 0 unspecified atom stereocenters. The Morgan fingerprint density at radius 3 is 1.65 bits per heavy atom. The summed E-state index contributed by atoms with van der Waals surface area (Å²) < 4.78 is 0. The molecule has 3 aliphatic heterocycles. The Balaban J connectivity index is 1.30. The molecule has 0 atom stereocenters. The summed E-state index contributed by atoms with van der Waals surface area (Å²) in [6, 6.07) is 67.1. The molecule has 0 bridgehead atoms. The second kappa shape index (κ2) is 12.7. The van der Waals surface area contributed by atoms with Gasteiger partial charge >= 0.3 is 0 Å². The second-order valence-corrected chi connectivity index (χ2v) is 15.3. The Labute approximate surface area is 333 Å². The van der Waals surface area contributed by atoms with E-state index in [9.17, 15) is 0 Å². The molecule has 0 aliphatic carbocycles. The lowest BCUT2D eigenvalue weighted by molar-refractivity contribution is 1.24. The predicted octanol–water partition coefficient (Wildman–Crippen LogP) is 5.06. The molecule has 0 saturated carbocycles. The Kier molecular flexibility index (Phi) is 7.18. The molecule has 57 heavy (non-hydrogen) atoms. The largest absolute Gasteiger partial charge is 0.312 e. The maximum Gasteiger partial charge on any atom is 0.249 e. The number of aromatic nitrogens is 2. The Bertz CT molecular complexity index is 3000. The summed E-state index contributed by atoms with van der Waals surface area (Å²) in [4.78, 5) is 14.6. The lowest BCUT2D eigenvalue weighted by Crippen LogP contribution is -2.78. The number of hydrogen-bond donors (Lipinski definition) is 0. The molecule has 2 aromatic heterocycles. The van der Waals surface area contributed by atoms with Crippen molar-refractivity contribution in [3.8, 4) is 0 Å². The highest BCUT2D eigenvalue weighted by atomic mass is 15.2. The number of anilines is 6. The van der Waals surface area contributed by atoms with Gasteiger partial charge in [0, 0.05) is 52.4 Å². The normalized spacial score (nSPS) is 13.4. The molecule has 7 heteroatoms. The maximum atomic E-state index is 5.06. The van der Waals surface area contributed by atoms with Crippen LogP contribution in [0, 0.1) is 0 Å². The molecule has 4 nitrogen and oxygen atoms in total. The number of fused-ring (bicyclic) bond motifs is 8. The second-order valence-electron chi connectivity index (χ2n) is 15.3. The van der Waals surface area contributed by atoms with Crippen LogP contribution in [-0.4, -0.2) is 30.1 Å². The van der Waals surface area contributed by atoms with Crippen LogP contribution in [0.1, 0.15) is 0 Å². The van der Waals surface area contributed by atoms with Gasteiger partial charge < -0.3 is 9.80 Å². The van der Waals surface area contributed by atoms with Crippen molar-refractivity contribution >= 4 is 114 Å². The highest BCUT2D eigenvalue weighted by Gasteiger charge is 2.49. The summed E-state index contributed by atoms with van der Waals surface area (Å²) in [6.45, 7) is -0.00594. The third kappa shape index (κ3) is 4.72. The van der Waals surface area contributed by atoms with E-state index in [1.807, 2.05) is 24.7 Å². The van der Waals surface area contributed by atoms with Gasteiger partial charge in [0.25, 0.3) is 0 Å². The van der Waals surface area contributed by atoms with E-state index in [-0.39, 0.29) is 20.1 Å². The lowest BCUT2D eigenvalue weighted by atomic mass is 9.19. The zero-order chi connectivity index (χ0) is 37.5. The van der Waals surface area contributed by atoms with Crippen LogP contribution < -0.4 is 59.0 Å². The van der Waals surface area contributed by atoms with Crippen molar-refractivity contribution in [3.05, 3.63) is 201 Å².